The lowest BCUT2D eigenvalue weighted by Crippen LogP contribution is -2.27. The first-order valence-corrected chi connectivity index (χ1v) is 7.31. The van der Waals surface area contributed by atoms with E-state index in [1.165, 1.54) is 0 Å². The van der Waals surface area contributed by atoms with Gasteiger partial charge in [0.15, 0.2) is 0 Å². The minimum absolute atomic E-state index is 0.0665. The number of nitrogens with zero attached hydrogens (tertiary/aromatic N) is 2. The van der Waals surface area contributed by atoms with Crippen LogP contribution in [0.4, 0.5) is 11.6 Å². The number of hydrogen-bond acceptors (Lipinski definition) is 5. The molecule has 1 aliphatic rings. The molecule has 1 aliphatic heterocycles. The molecule has 2 unspecified atom stereocenters. The van der Waals surface area contributed by atoms with Crippen LogP contribution in [0, 0.1) is 5.92 Å². The number of nitrogens with one attached hydrogen (secondary N) is 2. The molecule has 0 aliphatic carbocycles. The van der Waals surface area contributed by atoms with E-state index in [2.05, 4.69) is 48.3 Å². The van der Waals surface area contributed by atoms with Gasteiger partial charge in [-0.1, -0.05) is 20.8 Å². The summed E-state index contributed by atoms with van der Waals surface area (Å²) < 4.78 is 5.45. The van der Waals surface area contributed by atoms with Gasteiger partial charge >= 0.3 is 0 Å². The lowest BCUT2D eigenvalue weighted by atomic mass is 9.95. The predicted octanol–water partition coefficient (Wildman–Crippen LogP) is 2.65. The second-order valence-corrected chi connectivity index (χ2v) is 6.52. The lowest BCUT2D eigenvalue weighted by molar-refractivity contribution is 0.183. The zero-order valence-corrected chi connectivity index (χ0v) is 13.2. The maximum Gasteiger partial charge on any atom is 0.138 e. The van der Waals surface area contributed by atoms with Crippen LogP contribution in [0.5, 0.6) is 0 Å². The van der Waals surface area contributed by atoms with E-state index in [-0.39, 0.29) is 5.41 Å². The van der Waals surface area contributed by atoms with Crippen LogP contribution in [-0.4, -0.2) is 36.3 Å². The zero-order valence-electron chi connectivity index (χ0n) is 13.2. The first kappa shape index (κ1) is 15.0. The van der Waals surface area contributed by atoms with E-state index < -0.39 is 0 Å². The van der Waals surface area contributed by atoms with E-state index in [1.54, 1.807) is 0 Å². The van der Waals surface area contributed by atoms with E-state index in [9.17, 15) is 0 Å². The van der Waals surface area contributed by atoms with Crippen molar-refractivity contribution in [3.63, 3.8) is 0 Å². The minimum atomic E-state index is -0.0665. The van der Waals surface area contributed by atoms with Gasteiger partial charge in [-0.25, -0.2) is 9.97 Å². The molecule has 0 bridgehead atoms. The fraction of sp³-hybridized carbons (Fsp3) is 0.733. The molecular formula is C15H26N4O. The Balaban J connectivity index is 2.17. The van der Waals surface area contributed by atoms with Crippen molar-refractivity contribution in [2.75, 3.05) is 30.9 Å². The highest BCUT2D eigenvalue weighted by atomic mass is 16.5. The van der Waals surface area contributed by atoms with Crippen molar-refractivity contribution in [2.45, 2.75) is 45.6 Å². The molecule has 1 aromatic rings. The highest BCUT2D eigenvalue weighted by Gasteiger charge is 2.24. The molecule has 0 aromatic carbocycles. The summed E-state index contributed by atoms with van der Waals surface area (Å²) in [4.78, 5) is 9.20. The number of hydrogen-bond donors (Lipinski definition) is 2. The summed E-state index contributed by atoms with van der Waals surface area (Å²) in [5, 5.41) is 6.61. The number of rotatable bonds is 4. The van der Waals surface area contributed by atoms with Gasteiger partial charge in [-0.3, -0.25) is 0 Å². The Bertz CT molecular complexity index is 450. The average molecular weight is 278 g/mol. The molecule has 5 nitrogen and oxygen atoms in total. The maximum atomic E-state index is 5.45. The van der Waals surface area contributed by atoms with E-state index in [1.807, 2.05) is 13.1 Å². The van der Waals surface area contributed by atoms with Crippen LogP contribution >= 0.6 is 0 Å². The standard InChI is InChI=1S/C15H26N4O/c1-10(11-6-7-20-9-11)17-13-8-12(16-5)18-14(19-13)15(2,3)4/h8,10-11H,6-7,9H2,1-5H3,(H2,16,17,18,19). The fourth-order valence-corrected chi connectivity index (χ4v) is 2.28. The monoisotopic (exact) mass is 278 g/mol. The van der Waals surface area contributed by atoms with Gasteiger partial charge in [0.1, 0.15) is 17.5 Å². The second kappa shape index (κ2) is 5.95. The van der Waals surface area contributed by atoms with Crippen molar-refractivity contribution in [3.05, 3.63) is 11.9 Å². The van der Waals surface area contributed by atoms with Gasteiger partial charge in [-0.2, -0.15) is 0 Å². The minimum Gasteiger partial charge on any atom is -0.381 e. The summed E-state index contributed by atoms with van der Waals surface area (Å²) in [6.45, 7) is 10.3. The first-order chi connectivity index (χ1) is 9.40. The molecule has 1 aromatic heterocycles. The predicted molar refractivity (Wildman–Crippen MR) is 82.3 cm³/mol. The van der Waals surface area contributed by atoms with Gasteiger partial charge in [-0.15, -0.1) is 0 Å². The van der Waals surface area contributed by atoms with Crippen molar-refractivity contribution >= 4 is 11.6 Å². The van der Waals surface area contributed by atoms with Gasteiger partial charge < -0.3 is 15.4 Å². The molecular weight excluding hydrogens is 252 g/mol. The summed E-state index contributed by atoms with van der Waals surface area (Å²) in [7, 11) is 1.88. The van der Waals surface area contributed by atoms with Crippen LogP contribution < -0.4 is 10.6 Å². The maximum absolute atomic E-state index is 5.45. The Morgan fingerprint density at radius 2 is 2.00 bits per heavy atom. The zero-order chi connectivity index (χ0) is 14.8. The lowest BCUT2D eigenvalue weighted by Gasteiger charge is -2.23. The van der Waals surface area contributed by atoms with Crippen LogP contribution in [0.1, 0.15) is 39.9 Å². The van der Waals surface area contributed by atoms with Crippen molar-refractivity contribution in [3.8, 4) is 0 Å². The van der Waals surface area contributed by atoms with Crippen LogP contribution in [0.3, 0.4) is 0 Å². The Hall–Kier alpha value is -1.36. The van der Waals surface area contributed by atoms with Gasteiger partial charge in [0, 0.05) is 37.1 Å². The van der Waals surface area contributed by atoms with Crippen LogP contribution in [0.2, 0.25) is 0 Å². The Labute approximate surface area is 121 Å². The highest BCUT2D eigenvalue weighted by molar-refractivity contribution is 5.48. The average Bonchev–Trinajstić information content (AvgIpc) is 2.91. The van der Waals surface area contributed by atoms with Gasteiger partial charge in [0.2, 0.25) is 0 Å². The Morgan fingerprint density at radius 1 is 1.30 bits per heavy atom. The molecule has 5 heteroatoms. The smallest absolute Gasteiger partial charge is 0.138 e. The molecule has 1 fully saturated rings. The first-order valence-electron chi connectivity index (χ1n) is 7.31. The summed E-state index contributed by atoms with van der Waals surface area (Å²) in [6.07, 6.45) is 1.12. The second-order valence-electron chi connectivity index (χ2n) is 6.52. The van der Waals surface area contributed by atoms with E-state index in [4.69, 9.17) is 4.74 Å². The van der Waals surface area contributed by atoms with Gasteiger partial charge in [0.05, 0.1) is 6.61 Å². The number of anilines is 2. The Kier molecular flexibility index (Phi) is 4.48. The topological polar surface area (TPSA) is 59.1 Å². The fourth-order valence-electron chi connectivity index (χ4n) is 2.28. The molecule has 0 radical (unpaired) electrons. The van der Waals surface area contributed by atoms with Crippen molar-refractivity contribution in [2.24, 2.45) is 5.92 Å². The van der Waals surface area contributed by atoms with Crippen LogP contribution in [0.25, 0.3) is 0 Å². The SMILES string of the molecule is CNc1cc(NC(C)C2CCOC2)nc(C(C)(C)C)n1. The van der Waals surface area contributed by atoms with E-state index in [0.29, 0.717) is 12.0 Å². The third-order valence-corrected chi connectivity index (χ3v) is 3.70. The van der Waals surface area contributed by atoms with E-state index >= 15 is 0 Å². The normalized spacial score (nSPS) is 20.8. The van der Waals surface area contributed by atoms with E-state index in [0.717, 1.165) is 37.1 Å². The molecule has 0 saturated carbocycles. The van der Waals surface area contributed by atoms with Gasteiger partial charge in [0.25, 0.3) is 0 Å². The van der Waals surface area contributed by atoms with Crippen molar-refractivity contribution < 1.29 is 4.74 Å². The third kappa shape index (κ3) is 3.60. The van der Waals surface area contributed by atoms with Gasteiger partial charge in [-0.05, 0) is 13.3 Å². The summed E-state index contributed by atoms with van der Waals surface area (Å²) in [5.74, 6) is 3.14. The summed E-state index contributed by atoms with van der Waals surface area (Å²) in [6, 6.07) is 2.31. The molecule has 112 valence electrons. The third-order valence-electron chi connectivity index (χ3n) is 3.70. The molecule has 1 saturated heterocycles. The summed E-state index contributed by atoms with van der Waals surface area (Å²) in [5.41, 5.74) is -0.0665. The Morgan fingerprint density at radius 3 is 2.55 bits per heavy atom. The molecule has 0 amide bonds. The molecule has 2 N–H and O–H groups in total. The molecule has 2 rings (SSSR count). The number of ether oxygens (including phenoxy) is 1. The van der Waals surface area contributed by atoms with Crippen molar-refractivity contribution in [1.29, 1.82) is 0 Å². The van der Waals surface area contributed by atoms with Crippen molar-refractivity contribution in [1.82, 2.24) is 9.97 Å². The largest absolute Gasteiger partial charge is 0.381 e. The number of aromatic nitrogens is 2. The quantitative estimate of drug-likeness (QED) is 0.886. The molecule has 2 atom stereocenters. The summed E-state index contributed by atoms with van der Waals surface area (Å²) >= 11 is 0. The molecule has 20 heavy (non-hydrogen) atoms. The van der Waals surface area contributed by atoms with Crippen LogP contribution in [0.15, 0.2) is 6.07 Å². The van der Waals surface area contributed by atoms with Crippen LogP contribution in [-0.2, 0) is 10.2 Å². The molecule has 0 spiro atoms. The molecule has 2 heterocycles. The highest BCUT2D eigenvalue weighted by Crippen LogP contribution is 2.24.